The van der Waals surface area contributed by atoms with Crippen molar-refractivity contribution in [1.82, 2.24) is 20.9 Å². The Morgan fingerprint density at radius 1 is 1.16 bits per heavy atom. The highest BCUT2D eigenvalue weighted by Crippen LogP contribution is 2.34. The quantitative estimate of drug-likeness (QED) is 0.650. The fraction of sp³-hybridized carbons (Fsp3) is 0.609. The van der Waals surface area contributed by atoms with Crippen molar-refractivity contribution in [3.63, 3.8) is 0 Å². The maximum atomic E-state index is 13.3. The van der Waals surface area contributed by atoms with Crippen molar-refractivity contribution in [1.29, 1.82) is 0 Å². The van der Waals surface area contributed by atoms with Crippen LogP contribution in [0.5, 0.6) is 0 Å². The highest BCUT2D eigenvalue weighted by Gasteiger charge is 2.50. The Bertz CT molecular complexity index is 860. The second-order valence-corrected chi connectivity index (χ2v) is 8.78. The van der Waals surface area contributed by atoms with Gasteiger partial charge >= 0.3 is 0 Å². The minimum absolute atomic E-state index is 0.0387. The number of likely N-dealkylation sites (N-methyl/N-ethyl adjacent to an activating group) is 1. The molecule has 0 bridgehead atoms. The Morgan fingerprint density at radius 3 is 2.71 bits per heavy atom. The summed E-state index contributed by atoms with van der Waals surface area (Å²) in [5.41, 5.74) is 2.44. The van der Waals surface area contributed by atoms with Gasteiger partial charge in [0.25, 0.3) is 5.91 Å². The summed E-state index contributed by atoms with van der Waals surface area (Å²) in [6, 6.07) is 6.36. The molecule has 8 nitrogen and oxygen atoms in total. The van der Waals surface area contributed by atoms with Crippen molar-refractivity contribution in [2.24, 2.45) is 0 Å². The number of carbonyl (C=O) groups excluding carboxylic acids is 3. The van der Waals surface area contributed by atoms with Crippen LogP contribution in [0, 0.1) is 0 Å². The minimum atomic E-state index is -0.802. The first-order valence-electron chi connectivity index (χ1n) is 11.2. The molecule has 3 amide bonds. The molecule has 0 radical (unpaired) electrons. The first-order chi connectivity index (χ1) is 14.9. The van der Waals surface area contributed by atoms with Gasteiger partial charge in [0, 0.05) is 0 Å². The Hall–Kier alpha value is -2.45. The molecular formula is C23H32N4O4. The van der Waals surface area contributed by atoms with E-state index in [4.69, 9.17) is 4.74 Å². The molecule has 2 saturated heterocycles. The summed E-state index contributed by atoms with van der Waals surface area (Å²) in [5.74, 6) is -0.666. The summed E-state index contributed by atoms with van der Waals surface area (Å²) in [4.78, 5) is 40.4. The molecule has 0 spiro atoms. The lowest BCUT2D eigenvalue weighted by Crippen LogP contribution is -2.65. The number of hydrogen-bond donors (Lipinski definition) is 3. The smallest absolute Gasteiger partial charge is 0.250 e. The van der Waals surface area contributed by atoms with Gasteiger partial charge in [-0.3, -0.25) is 14.4 Å². The maximum absolute atomic E-state index is 13.3. The van der Waals surface area contributed by atoms with Crippen LogP contribution in [0.25, 0.3) is 0 Å². The van der Waals surface area contributed by atoms with Crippen molar-refractivity contribution in [2.75, 3.05) is 7.05 Å². The number of ether oxygens (including phenoxy) is 1. The van der Waals surface area contributed by atoms with Gasteiger partial charge in [-0.05, 0) is 64.1 Å². The van der Waals surface area contributed by atoms with Crippen molar-refractivity contribution < 1.29 is 19.1 Å². The number of hydrogen-bond acceptors (Lipinski definition) is 5. The molecule has 3 aliphatic rings. The summed E-state index contributed by atoms with van der Waals surface area (Å²) in [6.45, 7) is 3.52. The van der Waals surface area contributed by atoms with Gasteiger partial charge in [0.15, 0.2) is 0 Å². The maximum Gasteiger partial charge on any atom is 0.250 e. The number of rotatable bonds is 5. The van der Waals surface area contributed by atoms with Crippen molar-refractivity contribution in [3.05, 3.63) is 35.4 Å². The van der Waals surface area contributed by atoms with Crippen LogP contribution >= 0.6 is 0 Å². The van der Waals surface area contributed by atoms with E-state index in [-0.39, 0.29) is 23.8 Å². The molecule has 1 aromatic carbocycles. The zero-order chi connectivity index (χ0) is 22.1. The predicted molar refractivity (Wildman–Crippen MR) is 115 cm³/mol. The molecule has 1 unspecified atom stereocenters. The zero-order valence-corrected chi connectivity index (χ0v) is 18.4. The van der Waals surface area contributed by atoms with Gasteiger partial charge in [-0.2, -0.15) is 0 Å². The van der Waals surface area contributed by atoms with E-state index in [0.29, 0.717) is 12.8 Å². The Morgan fingerprint density at radius 2 is 1.94 bits per heavy atom. The second-order valence-electron chi connectivity index (χ2n) is 8.78. The number of aryl methyl sites for hydroxylation is 1. The Kier molecular flexibility index (Phi) is 6.29. The lowest BCUT2D eigenvalue weighted by Gasteiger charge is -2.41. The molecule has 8 heteroatoms. The van der Waals surface area contributed by atoms with Gasteiger partial charge < -0.3 is 25.6 Å². The summed E-state index contributed by atoms with van der Waals surface area (Å²) in [6.07, 6.45) is 3.23. The largest absolute Gasteiger partial charge is 0.353 e. The lowest BCUT2D eigenvalue weighted by atomic mass is 9.87. The van der Waals surface area contributed by atoms with Crippen molar-refractivity contribution in [3.8, 4) is 0 Å². The standard InChI is InChI=1S/C23H32N4O4/c1-13(24-3)21(28)26-20-14(2)31-19-12-11-18(27(19)23(20)30)22(29)25-17-10-6-8-15-7-4-5-9-16(15)17/h4-5,7,9,13-14,17-20,24H,6,8,10-12H2,1-3H3,(H,25,29)(H,26,28)/t13-,14+,17+,18?,19-,20-/m0/s1. The molecule has 2 aliphatic heterocycles. The van der Waals surface area contributed by atoms with Gasteiger partial charge in [-0.1, -0.05) is 24.3 Å². The summed E-state index contributed by atoms with van der Waals surface area (Å²) in [5, 5.41) is 8.83. The van der Waals surface area contributed by atoms with Crippen LogP contribution in [0.1, 0.15) is 56.7 Å². The van der Waals surface area contributed by atoms with Crippen LogP contribution in [0.15, 0.2) is 24.3 Å². The van der Waals surface area contributed by atoms with Crippen LogP contribution < -0.4 is 16.0 Å². The van der Waals surface area contributed by atoms with E-state index in [1.165, 1.54) is 5.56 Å². The monoisotopic (exact) mass is 428 g/mol. The minimum Gasteiger partial charge on any atom is -0.353 e. The summed E-state index contributed by atoms with van der Waals surface area (Å²) in [7, 11) is 1.69. The molecule has 6 atom stereocenters. The highest BCUT2D eigenvalue weighted by molar-refractivity contribution is 5.94. The third-order valence-electron chi connectivity index (χ3n) is 6.81. The second kappa shape index (κ2) is 8.96. The molecule has 2 heterocycles. The van der Waals surface area contributed by atoms with Crippen LogP contribution in [0.3, 0.4) is 0 Å². The van der Waals surface area contributed by atoms with E-state index in [1.807, 2.05) is 12.1 Å². The normalized spacial score (nSPS) is 30.9. The van der Waals surface area contributed by atoms with Crippen molar-refractivity contribution in [2.45, 2.75) is 82.5 Å². The van der Waals surface area contributed by atoms with Crippen LogP contribution in [0.2, 0.25) is 0 Å². The van der Waals surface area contributed by atoms with E-state index < -0.39 is 30.5 Å². The van der Waals surface area contributed by atoms with Crippen molar-refractivity contribution >= 4 is 17.7 Å². The average molecular weight is 429 g/mol. The molecule has 1 aromatic rings. The fourth-order valence-corrected chi connectivity index (χ4v) is 4.91. The van der Waals surface area contributed by atoms with Crippen LogP contribution in [-0.4, -0.2) is 60.1 Å². The Balaban J connectivity index is 1.47. The van der Waals surface area contributed by atoms with E-state index in [1.54, 1.807) is 25.8 Å². The number of carbonyl (C=O) groups is 3. The van der Waals surface area contributed by atoms with Gasteiger partial charge in [-0.25, -0.2) is 0 Å². The van der Waals surface area contributed by atoms with E-state index in [0.717, 1.165) is 24.8 Å². The van der Waals surface area contributed by atoms with Gasteiger partial charge in [-0.15, -0.1) is 0 Å². The average Bonchev–Trinajstić information content (AvgIpc) is 3.20. The highest BCUT2D eigenvalue weighted by atomic mass is 16.5. The zero-order valence-electron chi connectivity index (χ0n) is 18.4. The molecule has 2 fully saturated rings. The Labute approximate surface area is 183 Å². The van der Waals surface area contributed by atoms with E-state index in [9.17, 15) is 14.4 Å². The number of nitrogens with one attached hydrogen (secondary N) is 3. The van der Waals surface area contributed by atoms with Crippen LogP contribution in [-0.2, 0) is 25.5 Å². The molecular weight excluding hydrogens is 396 g/mol. The van der Waals surface area contributed by atoms with Gasteiger partial charge in [0.05, 0.1) is 18.2 Å². The first-order valence-corrected chi connectivity index (χ1v) is 11.2. The molecule has 0 aromatic heterocycles. The number of amides is 3. The van der Waals surface area contributed by atoms with E-state index in [2.05, 4.69) is 28.1 Å². The third kappa shape index (κ3) is 4.19. The van der Waals surface area contributed by atoms with E-state index >= 15 is 0 Å². The van der Waals surface area contributed by atoms with Gasteiger partial charge in [0.1, 0.15) is 18.3 Å². The molecule has 31 heavy (non-hydrogen) atoms. The van der Waals surface area contributed by atoms with Gasteiger partial charge in [0.2, 0.25) is 11.8 Å². The molecule has 0 saturated carbocycles. The number of nitrogens with zero attached hydrogens (tertiary/aromatic N) is 1. The molecule has 1 aliphatic carbocycles. The number of benzene rings is 1. The third-order valence-corrected chi connectivity index (χ3v) is 6.81. The summed E-state index contributed by atoms with van der Waals surface area (Å²) < 4.78 is 6.02. The van der Waals surface area contributed by atoms with Crippen LogP contribution in [0.4, 0.5) is 0 Å². The molecule has 3 N–H and O–H groups in total. The predicted octanol–water partition coefficient (Wildman–Crippen LogP) is 1.01. The number of fused-ring (bicyclic) bond motifs is 2. The lowest BCUT2D eigenvalue weighted by molar-refractivity contribution is -0.179. The molecule has 4 rings (SSSR count). The fourth-order valence-electron chi connectivity index (χ4n) is 4.91. The summed E-state index contributed by atoms with van der Waals surface area (Å²) >= 11 is 0. The SMILES string of the molecule is CN[C@@H](C)C(=O)N[C@@H]1C(=O)N2C(C(=O)N[C@@H]3CCCc4ccccc43)CC[C@@H]2O[C@@H]1C. The molecule has 168 valence electrons. The topological polar surface area (TPSA) is 99.8 Å². The first kappa shape index (κ1) is 21.8.